The molecule has 0 radical (unpaired) electrons. The van der Waals surface area contributed by atoms with Gasteiger partial charge in [0, 0.05) is 10.5 Å². The van der Waals surface area contributed by atoms with E-state index in [-0.39, 0.29) is 5.69 Å². The highest BCUT2D eigenvalue weighted by Crippen LogP contribution is 2.33. The number of nitrogens with one attached hydrogen (secondary N) is 1. The minimum absolute atomic E-state index is 0.0382. The van der Waals surface area contributed by atoms with Gasteiger partial charge in [0.15, 0.2) is 11.5 Å². The molecule has 150 valence electrons. The molecule has 0 aliphatic carbocycles. The zero-order chi connectivity index (χ0) is 20.8. The van der Waals surface area contributed by atoms with Crippen LogP contribution in [0.4, 0.5) is 5.69 Å². The first-order chi connectivity index (χ1) is 14.0. The van der Waals surface area contributed by atoms with Crippen molar-refractivity contribution in [3.05, 3.63) is 74.4 Å². The SMILES string of the molecule is COc1ccc(CN/N=C/c2ccc(-c3ccc(Br)cc3[N+](=O)[O-])o2)cc1OC. The molecule has 0 fully saturated rings. The van der Waals surface area contributed by atoms with Crippen molar-refractivity contribution in [1.29, 1.82) is 0 Å². The van der Waals surface area contributed by atoms with Crippen LogP contribution in [-0.2, 0) is 6.54 Å². The van der Waals surface area contributed by atoms with Gasteiger partial charge >= 0.3 is 0 Å². The minimum atomic E-state index is -0.443. The largest absolute Gasteiger partial charge is 0.493 e. The summed E-state index contributed by atoms with van der Waals surface area (Å²) in [6, 6.07) is 13.8. The van der Waals surface area contributed by atoms with E-state index in [2.05, 4.69) is 26.5 Å². The first kappa shape index (κ1) is 20.4. The predicted molar refractivity (Wildman–Crippen MR) is 112 cm³/mol. The van der Waals surface area contributed by atoms with Crippen molar-refractivity contribution in [1.82, 2.24) is 5.43 Å². The molecule has 3 aromatic rings. The summed E-state index contributed by atoms with van der Waals surface area (Å²) in [7, 11) is 3.16. The van der Waals surface area contributed by atoms with E-state index < -0.39 is 4.92 Å². The van der Waals surface area contributed by atoms with Gasteiger partial charge in [-0.25, -0.2) is 0 Å². The Morgan fingerprint density at radius 2 is 1.93 bits per heavy atom. The zero-order valence-corrected chi connectivity index (χ0v) is 17.3. The molecular weight excluding hydrogens is 442 g/mol. The Kier molecular flexibility index (Phi) is 6.50. The highest BCUT2D eigenvalue weighted by Gasteiger charge is 2.18. The van der Waals surface area contributed by atoms with E-state index in [1.54, 1.807) is 38.5 Å². The van der Waals surface area contributed by atoms with Crippen molar-refractivity contribution in [3.63, 3.8) is 0 Å². The van der Waals surface area contributed by atoms with Crippen LogP contribution in [0.3, 0.4) is 0 Å². The van der Waals surface area contributed by atoms with Crippen LogP contribution in [0, 0.1) is 10.1 Å². The van der Waals surface area contributed by atoms with Gasteiger partial charge in [0.05, 0.1) is 37.5 Å². The lowest BCUT2D eigenvalue weighted by Crippen LogP contribution is -2.05. The standard InChI is InChI=1S/C20H18BrN3O5/c1-27-19-7-3-13(9-20(19)28-2)11-22-23-12-15-5-8-18(29-15)16-6-4-14(21)10-17(16)24(25)26/h3-10,12,22H,11H2,1-2H3/b23-12+. The second-order valence-electron chi connectivity index (χ2n) is 5.90. The Hall–Kier alpha value is -3.33. The van der Waals surface area contributed by atoms with Crippen molar-refractivity contribution in [2.75, 3.05) is 14.2 Å². The Bertz CT molecular complexity index is 1050. The lowest BCUT2D eigenvalue weighted by atomic mass is 10.1. The number of halogens is 1. The number of nitro benzene ring substituents is 1. The van der Waals surface area contributed by atoms with Crippen molar-refractivity contribution >= 4 is 27.8 Å². The highest BCUT2D eigenvalue weighted by atomic mass is 79.9. The molecule has 0 unspecified atom stereocenters. The summed E-state index contributed by atoms with van der Waals surface area (Å²) < 4.78 is 16.8. The third kappa shape index (κ3) is 4.94. The van der Waals surface area contributed by atoms with Crippen molar-refractivity contribution in [2.24, 2.45) is 5.10 Å². The summed E-state index contributed by atoms with van der Waals surface area (Å²) in [4.78, 5) is 10.8. The molecule has 0 amide bonds. The van der Waals surface area contributed by atoms with E-state index in [1.807, 2.05) is 18.2 Å². The van der Waals surface area contributed by atoms with Crippen LogP contribution in [-0.4, -0.2) is 25.4 Å². The number of benzene rings is 2. The summed E-state index contributed by atoms with van der Waals surface area (Å²) in [6.45, 7) is 0.475. The second-order valence-corrected chi connectivity index (χ2v) is 6.82. The third-order valence-electron chi connectivity index (χ3n) is 4.06. The monoisotopic (exact) mass is 459 g/mol. The average Bonchev–Trinajstić information content (AvgIpc) is 3.19. The molecule has 0 saturated carbocycles. The summed E-state index contributed by atoms with van der Waals surface area (Å²) in [5.41, 5.74) is 4.25. The number of nitro groups is 1. The molecule has 0 saturated heterocycles. The van der Waals surface area contributed by atoms with Gasteiger partial charge in [-0.2, -0.15) is 5.10 Å². The molecule has 1 heterocycles. The van der Waals surface area contributed by atoms with Gasteiger partial charge in [-0.1, -0.05) is 22.0 Å². The molecule has 8 nitrogen and oxygen atoms in total. The van der Waals surface area contributed by atoms with Crippen LogP contribution in [0.2, 0.25) is 0 Å². The second kappa shape index (κ2) is 9.24. The molecule has 0 spiro atoms. The zero-order valence-electron chi connectivity index (χ0n) is 15.7. The molecule has 3 rings (SSSR count). The van der Waals surface area contributed by atoms with E-state index in [4.69, 9.17) is 13.9 Å². The van der Waals surface area contributed by atoms with Crippen molar-refractivity contribution < 1.29 is 18.8 Å². The van der Waals surface area contributed by atoms with Crippen LogP contribution in [0.1, 0.15) is 11.3 Å². The van der Waals surface area contributed by atoms with Crippen LogP contribution in [0.15, 0.2) is 62.5 Å². The molecule has 0 atom stereocenters. The highest BCUT2D eigenvalue weighted by molar-refractivity contribution is 9.10. The number of hydrogen-bond acceptors (Lipinski definition) is 7. The number of hydrogen-bond donors (Lipinski definition) is 1. The fourth-order valence-corrected chi connectivity index (χ4v) is 3.02. The number of rotatable bonds is 8. The number of furan rings is 1. The molecule has 0 aliphatic heterocycles. The van der Waals surface area contributed by atoms with E-state index in [1.165, 1.54) is 12.3 Å². The van der Waals surface area contributed by atoms with Crippen molar-refractivity contribution in [3.8, 4) is 22.8 Å². The third-order valence-corrected chi connectivity index (χ3v) is 4.56. The Morgan fingerprint density at radius 3 is 2.66 bits per heavy atom. The Labute approximate surface area is 175 Å². The number of ether oxygens (including phenoxy) is 2. The van der Waals surface area contributed by atoms with Gasteiger partial charge in [-0.05, 0) is 42.0 Å². The quantitative estimate of drug-likeness (QED) is 0.296. The van der Waals surface area contributed by atoms with Gasteiger partial charge < -0.3 is 19.3 Å². The van der Waals surface area contributed by atoms with E-state index in [0.29, 0.717) is 39.6 Å². The van der Waals surface area contributed by atoms with Gasteiger partial charge in [0.25, 0.3) is 5.69 Å². The van der Waals surface area contributed by atoms with Crippen LogP contribution < -0.4 is 14.9 Å². The fourth-order valence-electron chi connectivity index (χ4n) is 2.67. The van der Waals surface area contributed by atoms with E-state index >= 15 is 0 Å². The summed E-state index contributed by atoms with van der Waals surface area (Å²) in [5.74, 6) is 2.16. The van der Waals surface area contributed by atoms with Gasteiger partial charge in [0.1, 0.15) is 11.5 Å². The number of nitrogens with zero attached hydrogens (tertiary/aromatic N) is 2. The lowest BCUT2D eigenvalue weighted by Gasteiger charge is -2.09. The first-order valence-corrected chi connectivity index (χ1v) is 9.32. The van der Waals surface area contributed by atoms with Gasteiger partial charge in [-0.15, -0.1) is 0 Å². The molecule has 2 aromatic carbocycles. The molecule has 0 aliphatic rings. The van der Waals surface area contributed by atoms with E-state index in [0.717, 1.165) is 5.56 Å². The maximum absolute atomic E-state index is 11.3. The molecule has 0 bridgehead atoms. The van der Waals surface area contributed by atoms with Crippen LogP contribution in [0.25, 0.3) is 11.3 Å². The molecule has 9 heteroatoms. The maximum Gasteiger partial charge on any atom is 0.281 e. The van der Waals surface area contributed by atoms with Gasteiger partial charge in [-0.3, -0.25) is 10.1 Å². The molecule has 29 heavy (non-hydrogen) atoms. The van der Waals surface area contributed by atoms with E-state index in [9.17, 15) is 10.1 Å². The lowest BCUT2D eigenvalue weighted by molar-refractivity contribution is -0.384. The number of hydrazone groups is 1. The summed E-state index contributed by atoms with van der Waals surface area (Å²) in [5, 5.41) is 15.4. The predicted octanol–water partition coefficient (Wildman–Crippen LogP) is 4.76. The first-order valence-electron chi connectivity index (χ1n) is 8.53. The Balaban J connectivity index is 1.67. The summed E-state index contributed by atoms with van der Waals surface area (Å²) in [6.07, 6.45) is 1.51. The van der Waals surface area contributed by atoms with Crippen molar-refractivity contribution in [2.45, 2.75) is 6.54 Å². The smallest absolute Gasteiger partial charge is 0.281 e. The number of methoxy groups -OCH3 is 2. The average molecular weight is 460 g/mol. The Morgan fingerprint density at radius 1 is 1.14 bits per heavy atom. The normalized spacial score (nSPS) is 10.9. The molecule has 1 N–H and O–H groups in total. The fraction of sp³-hybridized carbons (Fsp3) is 0.150. The topological polar surface area (TPSA) is 99.1 Å². The molecule has 1 aromatic heterocycles. The van der Waals surface area contributed by atoms with Crippen LogP contribution >= 0.6 is 15.9 Å². The molecular formula is C20H18BrN3O5. The van der Waals surface area contributed by atoms with Crippen LogP contribution in [0.5, 0.6) is 11.5 Å². The summed E-state index contributed by atoms with van der Waals surface area (Å²) >= 11 is 3.24. The maximum atomic E-state index is 11.3. The minimum Gasteiger partial charge on any atom is -0.493 e. The van der Waals surface area contributed by atoms with Gasteiger partial charge in [0.2, 0.25) is 0 Å².